The van der Waals surface area contributed by atoms with Gasteiger partial charge in [-0.15, -0.1) is 24.8 Å². The Hall–Kier alpha value is 1.21. The number of halogens is 2. The van der Waals surface area contributed by atoms with Gasteiger partial charge in [0.15, 0.2) is 0 Å². The largest absolute Gasteiger partial charge is 0.147 e. The van der Waals surface area contributed by atoms with Crippen molar-refractivity contribution in [2.24, 2.45) is 0 Å². The Morgan fingerprint density at radius 1 is 0.667 bits per heavy atom. The maximum Gasteiger partial charge on any atom is -0.147 e. The first-order valence-electron chi connectivity index (χ1n) is 11.9. The van der Waals surface area contributed by atoms with Gasteiger partial charge in [-0.3, -0.25) is 0 Å². The topological polar surface area (TPSA) is 18.5 Å². The van der Waals surface area contributed by atoms with Gasteiger partial charge >= 0.3 is 213 Å². The van der Waals surface area contributed by atoms with Gasteiger partial charge in [0.25, 0.3) is 0 Å². The summed E-state index contributed by atoms with van der Waals surface area (Å²) >= 11 is -1.07. The molecule has 2 aliphatic rings. The quantitative estimate of drug-likeness (QED) is 0.313. The minimum Gasteiger partial charge on any atom is -0.147 e. The zero-order chi connectivity index (χ0) is 24.2. The fraction of sp³-hybridized carbons (Fsp3) is 0.667. The van der Waals surface area contributed by atoms with Crippen LogP contribution in [0.15, 0.2) is 39.2 Å². The van der Waals surface area contributed by atoms with E-state index >= 15 is 0 Å². The van der Waals surface area contributed by atoms with Gasteiger partial charge in [-0.05, 0) is 0 Å². The average Bonchev–Trinajstić information content (AvgIpc) is 2.92. The predicted octanol–water partition coefficient (Wildman–Crippen LogP) is 5.77. The standard InChI is InChI=1S/2C12H23OSi2.2ClH.Zr/c2*1-7-12(13-15(4,5)6)8-11(14)9(2)10(12)3;;;/h2*7H2,1-6,14H3;2*1H;. The van der Waals surface area contributed by atoms with Crippen molar-refractivity contribution in [2.45, 2.75) is 105 Å². The normalized spacial score (nSPS) is 26.4. The Bertz CT molecular complexity index is 825. The number of hydrogen-bond acceptors (Lipinski definition) is 2. The first-order valence-corrected chi connectivity index (χ1v) is 23.2. The van der Waals surface area contributed by atoms with Gasteiger partial charge in [0.05, 0.1) is 0 Å². The Balaban J connectivity index is 0.00000512. The van der Waals surface area contributed by atoms with Crippen LogP contribution in [0.1, 0.15) is 54.4 Å². The van der Waals surface area contributed by atoms with Crippen LogP contribution in [0.2, 0.25) is 39.3 Å². The van der Waals surface area contributed by atoms with Gasteiger partial charge < -0.3 is 0 Å². The van der Waals surface area contributed by atoms with Crippen LogP contribution in [0.25, 0.3) is 0 Å². The van der Waals surface area contributed by atoms with E-state index in [9.17, 15) is 0 Å². The third kappa shape index (κ3) is 6.38. The molecule has 2 atom stereocenters. The molecule has 0 N–H and O–H groups in total. The molecule has 0 amide bonds. The van der Waals surface area contributed by atoms with Crippen molar-refractivity contribution in [1.82, 2.24) is 0 Å². The molecule has 33 heavy (non-hydrogen) atoms. The van der Waals surface area contributed by atoms with Crippen LogP contribution in [0.3, 0.4) is 0 Å². The molecule has 0 aromatic rings. The summed E-state index contributed by atoms with van der Waals surface area (Å²) in [4.78, 5) is 0. The molecule has 0 saturated carbocycles. The van der Waals surface area contributed by atoms with Gasteiger partial charge in [0, 0.05) is 0 Å². The van der Waals surface area contributed by atoms with Crippen molar-refractivity contribution in [2.75, 3.05) is 0 Å². The van der Waals surface area contributed by atoms with Crippen molar-refractivity contribution in [3.63, 3.8) is 0 Å². The molecule has 0 aromatic heterocycles. The molecule has 0 aromatic carbocycles. The fourth-order valence-corrected chi connectivity index (χ4v) is 17.3. The van der Waals surface area contributed by atoms with E-state index in [4.69, 9.17) is 8.85 Å². The van der Waals surface area contributed by atoms with E-state index in [-0.39, 0.29) is 36.0 Å². The van der Waals surface area contributed by atoms with Gasteiger partial charge in [-0.1, -0.05) is 0 Å². The molecule has 2 unspecified atom stereocenters. The summed E-state index contributed by atoms with van der Waals surface area (Å²) in [6.45, 7) is 28.2. The van der Waals surface area contributed by atoms with E-state index in [0.29, 0.717) is 0 Å². The molecular formula is C24H48Cl2O2Si4Zr. The Morgan fingerprint density at radius 2 is 0.939 bits per heavy atom. The van der Waals surface area contributed by atoms with Gasteiger partial charge in [-0.25, -0.2) is 0 Å². The number of allylic oxidation sites excluding steroid dienone is 4. The predicted molar refractivity (Wildman–Crippen MR) is 160 cm³/mol. The molecule has 190 valence electrons. The number of rotatable bonds is 8. The molecule has 0 radical (unpaired) electrons. The maximum atomic E-state index is 7.13. The summed E-state index contributed by atoms with van der Waals surface area (Å²) in [7, 11) is -1.20. The Labute approximate surface area is 236 Å². The molecule has 0 heterocycles. The summed E-state index contributed by atoms with van der Waals surface area (Å²) < 4.78 is 17.7. The van der Waals surface area contributed by atoms with Crippen molar-refractivity contribution in [3.05, 3.63) is 39.2 Å². The molecular weight excluding hydrogens is 595 g/mol. The molecule has 2 aliphatic carbocycles. The minimum atomic E-state index is -1.71. The van der Waals surface area contributed by atoms with Crippen LogP contribution in [0.4, 0.5) is 0 Å². The van der Waals surface area contributed by atoms with E-state index in [1.807, 2.05) is 0 Å². The molecule has 2 nitrogen and oxygen atoms in total. The molecule has 0 aliphatic heterocycles. The average molecular weight is 643 g/mol. The summed E-state index contributed by atoms with van der Waals surface area (Å²) in [6.07, 6.45) is 2.12. The first kappa shape index (κ1) is 34.2. The van der Waals surface area contributed by atoms with Crippen LogP contribution in [0.5, 0.6) is 0 Å². The number of hydrogen-bond donors (Lipinski definition) is 0. The molecule has 0 saturated heterocycles. The summed E-state index contributed by atoms with van der Waals surface area (Å²) in [5.41, 5.74) is 5.78. The molecule has 2 rings (SSSR count). The van der Waals surface area contributed by atoms with Crippen molar-refractivity contribution >= 4 is 61.9 Å². The summed E-state index contributed by atoms with van der Waals surface area (Å²) in [5.74, 6) is 0. The maximum absolute atomic E-state index is 7.13. The molecule has 0 fully saturated rings. The smallest absolute Gasteiger partial charge is 0.147 e. The second kappa shape index (κ2) is 11.7. The Morgan fingerprint density at radius 3 is 1.15 bits per heavy atom. The van der Waals surface area contributed by atoms with Crippen LogP contribution in [0, 0.1) is 0 Å². The van der Waals surface area contributed by atoms with Crippen molar-refractivity contribution in [1.29, 1.82) is 0 Å². The Kier molecular flexibility index (Phi) is 12.2. The SMILES string of the molecule is CCC1(O[Si](C)(C)C)C(C)=C(C)C([SiH3])=[C]1[Zr][C]1=C([SiH3])C(C)=C(C)C1(CC)O[Si](C)(C)C.Cl.Cl. The minimum absolute atomic E-state index is 0. The third-order valence-electron chi connectivity index (χ3n) is 7.23. The van der Waals surface area contributed by atoms with Gasteiger partial charge in [0.1, 0.15) is 0 Å². The molecule has 0 bridgehead atoms. The first-order chi connectivity index (χ1) is 14.0. The van der Waals surface area contributed by atoms with Crippen LogP contribution < -0.4 is 0 Å². The van der Waals surface area contributed by atoms with Gasteiger partial charge in [-0.2, -0.15) is 0 Å². The van der Waals surface area contributed by atoms with Crippen molar-refractivity contribution < 1.29 is 32.1 Å². The van der Waals surface area contributed by atoms with Crippen LogP contribution in [-0.2, 0) is 32.1 Å². The summed E-state index contributed by atoms with van der Waals surface area (Å²) in [6, 6.07) is 0. The van der Waals surface area contributed by atoms with Gasteiger partial charge in [0.2, 0.25) is 0 Å². The summed E-state index contributed by atoms with van der Waals surface area (Å²) in [5, 5.41) is 3.32. The van der Waals surface area contributed by atoms with Crippen LogP contribution in [-0.4, -0.2) is 48.3 Å². The van der Waals surface area contributed by atoms with E-state index < -0.39 is 39.9 Å². The molecule has 9 heteroatoms. The van der Waals surface area contributed by atoms with E-state index in [2.05, 4.69) is 80.8 Å². The van der Waals surface area contributed by atoms with E-state index in [0.717, 1.165) is 33.3 Å². The second-order valence-electron chi connectivity index (χ2n) is 11.4. The monoisotopic (exact) mass is 640 g/mol. The van der Waals surface area contributed by atoms with E-state index in [1.165, 1.54) is 22.3 Å². The van der Waals surface area contributed by atoms with Crippen molar-refractivity contribution in [3.8, 4) is 0 Å². The van der Waals surface area contributed by atoms with Crippen LogP contribution >= 0.6 is 24.8 Å². The molecule has 0 spiro atoms. The fourth-order valence-electron chi connectivity index (χ4n) is 5.37. The zero-order valence-electron chi connectivity index (χ0n) is 23.5. The zero-order valence-corrected chi connectivity index (χ0v) is 33.6. The van der Waals surface area contributed by atoms with E-state index in [1.54, 1.807) is 17.0 Å². The third-order valence-corrected chi connectivity index (χ3v) is 19.2. The second-order valence-corrected chi connectivity index (χ2v) is 25.3.